The van der Waals surface area contributed by atoms with E-state index in [1.54, 1.807) is 12.1 Å². The van der Waals surface area contributed by atoms with Crippen LogP contribution in [0, 0.1) is 0 Å². The molecule has 1 aromatic carbocycles. The number of sulfonamides is 1. The molecule has 0 atom stereocenters. The number of halogens is 2. The minimum absolute atomic E-state index is 0.000878. The maximum absolute atomic E-state index is 12.3. The molecule has 0 radical (unpaired) electrons. The Bertz CT molecular complexity index is 722. The van der Waals surface area contributed by atoms with Gasteiger partial charge in [-0.2, -0.15) is 4.31 Å². The van der Waals surface area contributed by atoms with E-state index < -0.39 is 10.0 Å². The molecule has 0 aliphatic carbocycles. The third-order valence-electron chi connectivity index (χ3n) is 3.78. The molecule has 1 saturated heterocycles. The van der Waals surface area contributed by atoms with E-state index in [0.29, 0.717) is 55.4 Å². The number of guanidine groups is 1. The number of aliphatic imine (C=N–C) groups is 1. The summed E-state index contributed by atoms with van der Waals surface area (Å²) in [7, 11) is -3.30. The second-order valence-corrected chi connectivity index (χ2v) is 8.62. The Balaban J connectivity index is 1.90. The van der Waals surface area contributed by atoms with Crippen molar-refractivity contribution in [3.8, 4) is 0 Å². The predicted octanol–water partition coefficient (Wildman–Crippen LogP) is 1.71. The Morgan fingerprint density at radius 2 is 2.00 bits per heavy atom. The summed E-state index contributed by atoms with van der Waals surface area (Å²) in [4.78, 5) is 4.44. The number of rotatable bonds is 7. The summed E-state index contributed by atoms with van der Waals surface area (Å²) in [6.07, 6.45) is 0. The molecule has 1 aliphatic heterocycles. The van der Waals surface area contributed by atoms with Gasteiger partial charge in [0.2, 0.25) is 10.0 Å². The summed E-state index contributed by atoms with van der Waals surface area (Å²) in [5.41, 5.74) is 0.842. The van der Waals surface area contributed by atoms with Crippen LogP contribution in [0.3, 0.4) is 0 Å². The molecule has 1 heterocycles. The summed E-state index contributed by atoms with van der Waals surface area (Å²) in [5, 5.41) is 7.26. The van der Waals surface area contributed by atoms with Crippen LogP contribution in [0.2, 0.25) is 10.0 Å². The van der Waals surface area contributed by atoms with Crippen LogP contribution in [-0.4, -0.2) is 63.8 Å². The van der Waals surface area contributed by atoms with Gasteiger partial charge in [0.15, 0.2) is 5.96 Å². The van der Waals surface area contributed by atoms with Crippen molar-refractivity contribution in [2.75, 3.05) is 45.1 Å². The molecule has 0 unspecified atom stereocenters. The lowest BCUT2D eigenvalue weighted by Crippen LogP contribution is -2.45. The average Bonchev–Trinajstić information content (AvgIpc) is 2.61. The van der Waals surface area contributed by atoms with Gasteiger partial charge in [0.25, 0.3) is 0 Å². The average molecular weight is 423 g/mol. The first kappa shape index (κ1) is 21.2. The number of morpholine rings is 1. The highest BCUT2D eigenvalue weighted by Gasteiger charge is 2.23. The van der Waals surface area contributed by atoms with E-state index in [1.165, 1.54) is 4.31 Å². The van der Waals surface area contributed by atoms with E-state index in [-0.39, 0.29) is 12.3 Å². The van der Waals surface area contributed by atoms with Crippen molar-refractivity contribution in [1.82, 2.24) is 14.9 Å². The lowest BCUT2D eigenvalue weighted by molar-refractivity contribution is 0.0730. The predicted molar refractivity (Wildman–Crippen MR) is 105 cm³/mol. The summed E-state index contributed by atoms with van der Waals surface area (Å²) >= 11 is 12.0. The lowest BCUT2D eigenvalue weighted by Gasteiger charge is -2.26. The van der Waals surface area contributed by atoms with Crippen molar-refractivity contribution >= 4 is 39.2 Å². The van der Waals surface area contributed by atoms with E-state index in [1.807, 2.05) is 13.0 Å². The van der Waals surface area contributed by atoms with Crippen LogP contribution in [0.25, 0.3) is 0 Å². The first-order valence-corrected chi connectivity index (χ1v) is 10.8. The number of hydrogen-bond donors (Lipinski definition) is 2. The standard InChI is InChI=1S/C16H24Cl2N4O3S/c1-2-19-16(21-12-13-3-4-14(17)11-15(13)18)20-5-10-26(23,24)22-6-8-25-9-7-22/h3-4,11H,2,5-10,12H2,1H3,(H2,19,20,21). The van der Waals surface area contributed by atoms with Crippen LogP contribution in [0.4, 0.5) is 0 Å². The highest BCUT2D eigenvalue weighted by molar-refractivity contribution is 7.89. The first-order chi connectivity index (χ1) is 12.4. The molecule has 0 saturated carbocycles. The molecular formula is C16H24Cl2N4O3S. The largest absolute Gasteiger partial charge is 0.379 e. The molecule has 2 N–H and O–H groups in total. The lowest BCUT2D eigenvalue weighted by atomic mass is 10.2. The van der Waals surface area contributed by atoms with E-state index in [4.69, 9.17) is 27.9 Å². The minimum Gasteiger partial charge on any atom is -0.379 e. The van der Waals surface area contributed by atoms with Crippen LogP contribution in [0.5, 0.6) is 0 Å². The van der Waals surface area contributed by atoms with Gasteiger partial charge in [-0.25, -0.2) is 13.4 Å². The quantitative estimate of drug-likeness (QED) is 0.516. The zero-order valence-corrected chi connectivity index (χ0v) is 17.0. The number of hydrogen-bond acceptors (Lipinski definition) is 4. The van der Waals surface area contributed by atoms with Crippen molar-refractivity contribution in [3.05, 3.63) is 33.8 Å². The number of ether oxygens (including phenoxy) is 1. The summed E-state index contributed by atoms with van der Waals surface area (Å²) < 4.78 is 31.3. The van der Waals surface area contributed by atoms with Crippen molar-refractivity contribution < 1.29 is 13.2 Å². The smallest absolute Gasteiger partial charge is 0.215 e. The molecule has 0 amide bonds. The van der Waals surface area contributed by atoms with E-state index >= 15 is 0 Å². The summed E-state index contributed by atoms with van der Waals surface area (Å²) in [6, 6.07) is 5.25. The molecule has 0 spiro atoms. The van der Waals surface area contributed by atoms with Gasteiger partial charge < -0.3 is 15.4 Å². The van der Waals surface area contributed by atoms with Gasteiger partial charge in [-0.15, -0.1) is 0 Å². The molecule has 1 aliphatic rings. The molecule has 1 fully saturated rings. The fourth-order valence-corrected chi connectivity index (χ4v) is 4.20. The molecule has 2 rings (SSSR count). The first-order valence-electron chi connectivity index (χ1n) is 8.44. The summed E-state index contributed by atoms with van der Waals surface area (Å²) in [6.45, 7) is 4.93. The van der Waals surface area contributed by atoms with Crippen molar-refractivity contribution in [2.24, 2.45) is 4.99 Å². The monoisotopic (exact) mass is 422 g/mol. The molecule has 7 nitrogen and oxygen atoms in total. The van der Waals surface area contributed by atoms with Crippen LogP contribution >= 0.6 is 23.2 Å². The van der Waals surface area contributed by atoms with E-state index in [0.717, 1.165) is 5.56 Å². The molecule has 10 heteroatoms. The van der Waals surface area contributed by atoms with Gasteiger partial charge in [-0.05, 0) is 24.6 Å². The number of nitrogens with one attached hydrogen (secondary N) is 2. The molecule has 0 bridgehead atoms. The fourth-order valence-electron chi connectivity index (χ4n) is 2.41. The van der Waals surface area contributed by atoms with Gasteiger partial charge in [0.1, 0.15) is 0 Å². The molecule has 26 heavy (non-hydrogen) atoms. The topological polar surface area (TPSA) is 83.0 Å². The zero-order chi connectivity index (χ0) is 19.0. The van der Waals surface area contributed by atoms with Crippen molar-refractivity contribution in [2.45, 2.75) is 13.5 Å². The Labute approximate surface area is 164 Å². The maximum atomic E-state index is 12.3. The van der Waals surface area contributed by atoms with Crippen LogP contribution < -0.4 is 10.6 Å². The highest BCUT2D eigenvalue weighted by Crippen LogP contribution is 2.21. The van der Waals surface area contributed by atoms with E-state index in [9.17, 15) is 8.42 Å². The SMILES string of the molecule is CCNC(=NCc1ccc(Cl)cc1Cl)NCCS(=O)(=O)N1CCOCC1. The van der Waals surface area contributed by atoms with Crippen molar-refractivity contribution in [3.63, 3.8) is 0 Å². The molecule has 0 aromatic heterocycles. The van der Waals surface area contributed by atoms with Gasteiger partial charge in [-0.3, -0.25) is 0 Å². The fraction of sp³-hybridized carbons (Fsp3) is 0.562. The molecule has 1 aromatic rings. The number of nitrogens with zero attached hydrogens (tertiary/aromatic N) is 2. The number of benzene rings is 1. The van der Waals surface area contributed by atoms with Gasteiger partial charge in [0.05, 0.1) is 25.5 Å². The normalized spacial score (nSPS) is 16.5. The Hall–Kier alpha value is -1.06. The third-order valence-corrected chi connectivity index (χ3v) is 6.24. The van der Waals surface area contributed by atoms with Gasteiger partial charge in [-0.1, -0.05) is 29.3 Å². The maximum Gasteiger partial charge on any atom is 0.215 e. The highest BCUT2D eigenvalue weighted by atomic mass is 35.5. The van der Waals surface area contributed by atoms with Crippen LogP contribution in [0.1, 0.15) is 12.5 Å². The second-order valence-electron chi connectivity index (χ2n) is 5.69. The van der Waals surface area contributed by atoms with Crippen LogP contribution in [-0.2, 0) is 21.3 Å². The zero-order valence-electron chi connectivity index (χ0n) is 14.7. The van der Waals surface area contributed by atoms with Gasteiger partial charge in [0, 0.05) is 36.2 Å². The minimum atomic E-state index is -3.30. The van der Waals surface area contributed by atoms with E-state index in [2.05, 4.69) is 15.6 Å². The Kier molecular flexibility index (Phi) is 8.43. The van der Waals surface area contributed by atoms with Gasteiger partial charge >= 0.3 is 0 Å². The molecule has 146 valence electrons. The third kappa shape index (κ3) is 6.59. The molecular weight excluding hydrogens is 399 g/mol. The summed E-state index contributed by atoms with van der Waals surface area (Å²) in [5.74, 6) is 0.537. The van der Waals surface area contributed by atoms with Crippen LogP contribution in [0.15, 0.2) is 23.2 Å². The Morgan fingerprint density at radius 3 is 2.65 bits per heavy atom. The van der Waals surface area contributed by atoms with Crippen molar-refractivity contribution in [1.29, 1.82) is 0 Å². The Morgan fingerprint density at radius 1 is 1.27 bits per heavy atom. The second kappa shape index (κ2) is 10.3.